The van der Waals surface area contributed by atoms with Crippen molar-refractivity contribution in [2.45, 2.75) is 71.2 Å². The molecule has 0 aromatic rings. The number of halogens is 3. The molecule has 0 atom stereocenters. The van der Waals surface area contributed by atoms with Crippen LogP contribution in [0.2, 0.25) is 0 Å². The fourth-order valence-electron chi connectivity index (χ4n) is 4.70. The molecular weight excluding hydrogens is 433 g/mol. The van der Waals surface area contributed by atoms with Crippen molar-refractivity contribution in [3.05, 3.63) is 46.6 Å². The third kappa shape index (κ3) is 5.10. The van der Waals surface area contributed by atoms with Gasteiger partial charge in [-0.3, -0.25) is 9.69 Å². The van der Waals surface area contributed by atoms with E-state index in [0.29, 0.717) is 55.6 Å². The Hall–Kier alpha value is -2.35. The molecule has 0 aliphatic carbocycles. The predicted molar refractivity (Wildman–Crippen MR) is 120 cm³/mol. The van der Waals surface area contributed by atoms with Crippen LogP contribution in [0.25, 0.3) is 0 Å². The SMILES string of the molecule is C=C(/C=C\C1=C(C)CCN(C(=O)C2=C(C)C(=O)OC23CCN(C(C)(C)C)CC3)C1)C(F)(F)F. The van der Waals surface area contributed by atoms with Gasteiger partial charge in [0.1, 0.15) is 5.60 Å². The number of esters is 1. The van der Waals surface area contributed by atoms with E-state index in [2.05, 4.69) is 32.3 Å². The summed E-state index contributed by atoms with van der Waals surface area (Å²) < 4.78 is 44.2. The summed E-state index contributed by atoms with van der Waals surface area (Å²) >= 11 is 0. The second kappa shape index (κ2) is 8.78. The van der Waals surface area contributed by atoms with E-state index in [1.165, 1.54) is 6.08 Å². The zero-order chi connectivity index (χ0) is 24.8. The van der Waals surface area contributed by atoms with E-state index in [1.807, 2.05) is 6.92 Å². The molecule has 8 heteroatoms. The predicted octanol–water partition coefficient (Wildman–Crippen LogP) is 4.72. The minimum Gasteiger partial charge on any atom is -0.450 e. The second-order valence-corrected chi connectivity index (χ2v) is 10.2. The molecule has 0 radical (unpaired) electrons. The van der Waals surface area contributed by atoms with Crippen LogP contribution in [0.1, 0.15) is 53.9 Å². The highest BCUT2D eigenvalue weighted by Crippen LogP contribution is 2.43. The van der Waals surface area contributed by atoms with Crippen LogP contribution in [0.4, 0.5) is 13.2 Å². The lowest BCUT2D eigenvalue weighted by molar-refractivity contribution is -0.152. The highest BCUT2D eigenvalue weighted by Gasteiger charge is 2.52. The normalized spacial score (nSPS) is 22.5. The van der Waals surface area contributed by atoms with Crippen LogP contribution in [-0.2, 0) is 14.3 Å². The summed E-state index contributed by atoms with van der Waals surface area (Å²) in [7, 11) is 0. The molecule has 0 saturated carbocycles. The van der Waals surface area contributed by atoms with E-state index in [0.717, 1.165) is 11.6 Å². The Labute approximate surface area is 193 Å². The van der Waals surface area contributed by atoms with E-state index >= 15 is 0 Å². The van der Waals surface area contributed by atoms with Crippen molar-refractivity contribution in [2.75, 3.05) is 26.2 Å². The molecule has 182 valence electrons. The first-order valence-electron chi connectivity index (χ1n) is 11.3. The molecule has 3 aliphatic rings. The highest BCUT2D eigenvalue weighted by molar-refractivity contribution is 6.07. The minimum absolute atomic E-state index is 0.0238. The average molecular weight is 467 g/mol. The molecule has 0 N–H and O–H groups in total. The third-order valence-electron chi connectivity index (χ3n) is 6.96. The van der Waals surface area contributed by atoms with Crippen molar-refractivity contribution >= 4 is 11.9 Å². The number of hydrogen-bond acceptors (Lipinski definition) is 4. The number of likely N-dealkylation sites (tertiary alicyclic amines) is 1. The highest BCUT2D eigenvalue weighted by atomic mass is 19.4. The number of alkyl halides is 3. The summed E-state index contributed by atoms with van der Waals surface area (Å²) in [5, 5.41) is 0. The topological polar surface area (TPSA) is 49.9 Å². The molecule has 1 fully saturated rings. The Balaban J connectivity index is 1.81. The van der Waals surface area contributed by atoms with Gasteiger partial charge in [0.2, 0.25) is 0 Å². The molecular formula is C25H33F3N2O3. The Morgan fingerprint density at radius 1 is 1.12 bits per heavy atom. The molecule has 0 aromatic heterocycles. The standard InChI is InChI=1S/C25H33F3N2O3/c1-16-9-12-29(15-19(16)8-7-17(2)25(26,27)28)21(31)20-18(3)22(32)33-24(20)10-13-30(14-11-24)23(4,5)6/h7-8H,2,9-15H2,1,3-6H3/b8-7-. The fourth-order valence-corrected chi connectivity index (χ4v) is 4.70. The number of hydrogen-bond donors (Lipinski definition) is 0. The number of allylic oxidation sites excluding steroid dienone is 2. The molecule has 1 saturated heterocycles. The number of ether oxygens (including phenoxy) is 1. The lowest BCUT2D eigenvalue weighted by Crippen LogP contribution is -2.54. The largest absolute Gasteiger partial charge is 0.450 e. The van der Waals surface area contributed by atoms with Gasteiger partial charge < -0.3 is 9.64 Å². The lowest BCUT2D eigenvalue weighted by atomic mass is 9.81. The first kappa shape index (κ1) is 25.3. The van der Waals surface area contributed by atoms with Crippen LogP contribution in [0.5, 0.6) is 0 Å². The van der Waals surface area contributed by atoms with Crippen LogP contribution in [0.15, 0.2) is 46.6 Å². The van der Waals surface area contributed by atoms with Gasteiger partial charge in [-0.2, -0.15) is 13.2 Å². The van der Waals surface area contributed by atoms with Gasteiger partial charge in [0.15, 0.2) is 0 Å². The van der Waals surface area contributed by atoms with E-state index in [9.17, 15) is 22.8 Å². The summed E-state index contributed by atoms with van der Waals surface area (Å²) in [6, 6.07) is 0. The van der Waals surface area contributed by atoms with Gasteiger partial charge >= 0.3 is 12.1 Å². The van der Waals surface area contributed by atoms with Gasteiger partial charge in [-0.25, -0.2) is 4.79 Å². The molecule has 1 spiro atoms. The maximum atomic E-state index is 13.6. The van der Waals surface area contributed by atoms with Crippen LogP contribution in [-0.4, -0.2) is 65.2 Å². The first-order chi connectivity index (χ1) is 15.2. The fraction of sp³-hybridized carbons (Fsp3) is 0.600. The Morgan fingerprint density at radius 2 is 1.73 bits per heavy atom. The van der Waals surface area contributed by atoms with Crippen LogP contribution < -0.4 is 0 Å². The Kier molecular flexibility index (Phi) is 6.72. The molecule has 33 heavy (non-hydrogen) atoms. The summed E-state index contributed by atoms with van der Waals surface area (Å²) in [5.41, 5.74) is 0.426. The van der Waals surface area contributed by atoms with Gasteiger partial charge in [0.25, 0.3) is 5.91 Å². The maximum Gasteiger partial charge on any atom is 0.415 e. The summed E-state index contributed by atoms with van der Waals surface area (Å²) in [4.78, 5) is 30.1. The Bertz CT molecular complexity index is 943. The summed E-state index contributed by atoms with van der Waals surface area (Å²) in [6.07, 6.45) is -0.531. The van der Waals surface area contributed by atoms with Crippen molar-refractivity contribution in [1.82, 2.24) is 9.80 Å². The number of piperidine rings is 1. The number of amides is 1. The maximum absolute atomic E-state index is 13.6. The van der Waals surface area contributed by atoms with E-state index in [4.69, 9.17) is 4.74 Å². The van der Waals surface area contributed by atoms with Crippen molar-refractivity contribution in [1.29, 1.82) is 0 Å². The minimum atomic E-state index is -4.49. The van der Waals surface area contributed by atoms with Crippen molar-refractivity contribution < 1.29 is 27.5 Å². The number of rotatable bonds is 3. The first-order valence-corrected chi connectivity index (χ1v) is 11.3. The summed E-state index contributed by atoms with van der Waals surface area (Å²) in [6.45, 7) is 15.0. The quantitative estimate of drug-likeness (QED) is 0.446. The second-order valence-electron chi connectivity index (χ2n) is 10.2. The molecule has 1 amide bonds. The van der Waals surface area contributed by atoms with Crippen molar-refractivity contribution in [3.63, 3.8) is 0 Å². The molecule has 3 aliphatic heterocycles. The van der Waals surface area contributed by atoms with Crippen LogP contribution in [0, 0.1) is 0 Å². The number of carbonyl (C=O) groups excluding carboxylic acids is 2. The summed E-state index contributed by atoms with van der Waals surface area (Å²) in [5.74, 6) is -0.733. The smallest absolute Gasteiger partial charge is 0.415 e. The van der Waals surface area contributed by atoms with Crippen LogP contribution >= 0.6 is 0 Å². The van der Waals surface area contributed by atoms with Crippen molar-refractivity contribution in [3.8, 4) is 0 Å². The van der Waals surface area contributed by atoms with Crippen molar-refractivity contribution in [2.24, 2.45) is 0 Å². The van der Waals surface area contributed by atoms with Gasteiger partial charge in [-0.1, -0.05) is 24.3 Å². The molecule has 3 heterocycles. The van der Waals surface area contributed by atoms with E-state index in [1.54, 1.807) is 11.8 Å². The molecule has 0 aromatic carbocycles. The number of carbonyl (C=O) groups is 2. The van der Waals surface area contributed by atoms with Crippen LogP contribution in [0.3, 0.4) is 0 Å². The molecule has 0 unspecified atom stereocenters. The third-order valence-corrected chi connectivity index (χ3v) is 6.96. The molecule has 3 rings (SSSR count). The van der Waals surface area contributed by atoms with E-state index < -0.39 is 23.3 Å². The lowest BCUT2D eigenvalue weighted by Gasteiger charge is -2.45. The van der Waals surface area contributed by atoms with Gasteiger partial charge in [-0.15, -0.1) is 0 Å². The average Bonchev–Trinajstić information content (AvgIpc) is 2.94. The van der Waals surface area contributed by atoms with Gasteiger partial charge in [0, 0.05) is 55.7 Å². The van der Waals surface area contributed by atoms with Gasteiger partial charge in [0.05, 0.1) is 5.57 Å². The molecule has 5 nitrogen and oxygen atoms in total. The van der Waals surface area contributed by atoms with E-state index in [-0.39, 0.29) is 18.0 Å². The molecule has 0 bridgehead atoms. The Morgan fingerprint density at radius 3 is 2.27 bits per heavy atom. The number of nitrogens with zero attached hydrogens (tertiary/aromatic N) is 2. The monoisotopic (exact) mass is 466 g/mol. The zero-order valence-electron chi connectivity index (χ0n) is 20.1. The zero-order valence-corrected chi connectivity index (χ0v) is 20.1. The van der Waals surface area contributed by atoms with Gasteiger partial charge in [-0.05, 0) is 46.6 Å².